The number of carboxylic acids is 1. The summed E-state index contributed by atoms with van der Waals surface area (Å²) in [6, 6.07) is 4.61. The number of nitrogens with two attached hydrogens (primary N) is 1. The Morgan fingerprint density at radius 3 is 2.82 bits per heavy atom. The van der Waals surface area contributed by atoms with Crippen LogP contribution in [0.15, 0.2) is 47.0 Å². The van der Waals surface area contributed by atoms with E-state index < -0.39 is 29.2 Å². The van der Waals surface area contributed by atoms with Crippen LogP contribution in [-0.2, 0) is 25.8 Å². The number of β-lactam (4-membered cyclic amide) rings is 1. The second-order valence-electron chi connectivity index (χ2n) is 7.10. The van der Waals surface area contributed by atoms with E-state index in [0.717, 1.165) is 11.5 Å². The molecule has 4 rings (SSSR count). The normalized spacial score (nSPS) is 20.0. The molecule has 2 aliphatic heterocycles. The Balaban J connectivity index is 1.52. The second kappa shape index (κ2) is 10.4. The van der Waals surface area contributed by atoms with Gasteiger partial charge in [-0.25, -0.2) is 9.36 Å². The van der Waals surface area contributed by atoms with Crippen LogP contribution in [0.5, 0.6) is 0 Å². The molecule has 178 valence electrons. The van der Waals surface area contributed by atoms with Crippen molar-refractivity contribution in [3.63, 3.8) is 0 Å². The molecule has 4 heterocycles. The Morgan fingerprint density at radius 2 is 2.18 bits per heavy atom. The third-order valence-corrected chi connectivity index (χ3v) is 7.11. The Bertz CT molecular complexity index is 1170. The van der Waals surface area contributed by atoms with E-state index in [0.29, 0.717) is 17.9 Å². The lowest BCUT2D eigenvalue weighted by atomic mass is 10.0. The van der Waals surface area contributed by atoms with Gasteiger partial charge in [-0.05, 0) is 6.26 Å². The van der Waals surface area contributed by atoms with Crippen molar-refractivity contribution in [2.24, 2.45) is 5.16 Å². The van der Waals surface area contributed by atoms with Gasteiger partial charge in [0.05, 0.1) is 0 Å². The lowest BCUT2D eigenvalue weighted by Gasteiger charge is -2.49. The molecule has 1 fully saturated rings. The van der Waals surface area contributed by atoms with Crippen molar-refractivity contribution in [3.05, 3.63) is 47.7 Å². The fourth-order valence-corrected chi connectivity index (χ4v) is 5.36. The zero-order chi connectivity index (χ0) is 24.2. The summed E-state index contributed by atoms with van der Waals surface area (Å²) in [5.74, 6) is -1.86. The van der Waals surface area contributed by atoms with Gasteiger partial charge in [0.2, 0.25) is 11.5 Å². The molecule has 15 heteroatoms. The molecule has 2 atom stereocenters. The highest BCUT2D eigenvalue weighted by Gasteiger charge is 2.54. The molecule has 0 aromatic carbocycles. The number of anilines is 1. The highest BCUT2D eigenvalue weighted by Crippen LogP contribution is 2.40. The number of amides is 2. The number of nitrogen functional groups attached to an aromatic ring is 1. The summed E-state index contributed by atoms with van der Waals surface area (Å²) in [6.07, 6.45) is 5.45. The highest BCUT2D eigenvalue weighted by molar-refractivity contribution is 8.00. The summed E-state index contributed by atoms with van der Waals surface area (Å²) in [6.45, 7) is 0.337. The molecule has 0 radical (unpaired) electrons. The molecule has 1 saturated heterocycles. The first-order chi connectivity index (χ1) is 16.4. The number of aromatic nitrogens is 3. The SMILES string of the molecule is CSCON=C(C(=O)NC1C(=O)N2C(C(=O)O)=C(C[n+]3ccccc3)CS[C@H]12)c1nsc(N)n1. The highest BCUT2D eigenvalue weighted by atomic mass is 32.2. The van der Waals surface area contributed by atoms with Gasteiger partial charge in [0.25, 0.3) is 11.8 Å². The van der Waals surface area contributed by atoms with Crippen molar-refractivity contribution < 1.29 is 28.9 Å². The minimum atomic E-state index is -1.19. The van der Waals surface area contributed by atoms with E-state index in [1.807, 2.05) is 35.2 Å². The zero-order valence-electron chi connectivity index (χ0n) is 17.8. The number of nitrogens with one attached hydrogen (secondary N) is 1. The van der Waals surface area contributed by atoms with Crippen molar-refractivity contribution in [3.8, 4) is 0 Å². The van der Waals surface area contributed by atoms with Crippen LogP contribution < -0.4 is 15.6 Å². The number of carboxylic acid groups (broad SMARTS) is 1. The summed E-state index contributed by atoms with van der Waals surface area (Å²) in [5, 5.41) is 15.8. The van der Waals surface area contributed by atoms with Crippen molar-refractivity contribution in [2.75, 3.05) is 23.7 Å². The summed E-state index contributed by atoms with van der Waals surface area (Å²) >= 11 is 3.63. The van der Waals surface area contributed by atoms with Crippen molar-refractivity contribution in [1.82, 2.24) is 19.6 Å². The zero-order valence-corrected chi connectivity index (χ0v) is 20.2. The van der Waals surface area contributed by atoms with Crippen LogP contribution in [0.3, 0.4) is 0 Å². The molecular weight excluding hydrogens is 502 g/mol. The van der Waals surface area contributed by atoms with Gasteiger partial charge >= 0.3 is 5.97 Å². The van der Waals surface area contributed by atoms with Crippen LogP contribution in [0.1, 0.15) is 5.82 Å². The number of hydrogen-bond donors (Lipinski definition) is 3. The van der Waals surface area contributed by atoms with Crippen LogP contribution in [0.4, 0.5) is 5.13 Å². The fraction of sp³-hybridized carbons (Fsp3) is 0.316. The number of carbonyl (C=O) groups is 3. The fourth-order valence-electron chi connectivity index (χ4n) is 3.43. The Hall–Kier alpha value is -3.17. The molecule has 0 saturated carbocycles. The third-order valence-electron chi connectivity index (χ3n) is 4.88. The van der Waals surface area contributed by atoms with E-state index >= 15 is 0 Å². The second-order valence-corrected chi connectivity index (χ2v) is 9.80. The van der Waals surface area contributed by atoms with E-state index in [1.165, 1.54) is 28.4 Å². The molecular formula is C19H20N7O5S3+. The van der Waals surface area contributed by atoms with Gasteiger partial charge < -0.3 is 21.0 Å². The lowest BCUT2D eigenvalue weighted by Crippen LogP contribution is -2.71. The summed E-state index contributed by atoms with van der Waals surface area (Å²) in [5.41, 5.74) is 5.95. The molecule has 34 heavy (non-hydrogen) atoms. The smallest absolute Gasteiger partial charge is 0.352 e. The average Bonchev–Trinajstić information content (AvgIpc) is 3.26. The topological polar surface area (TPSA) is 164 Å². The predicted octanol–water partition coefficient (Wildman–Crippen LogP) is -0.112. The van der Waals surface area contributed by atoms with E-state index in [2.05, 4.69) is 19.8 Å². The van der Waals surface area contributed by atoms with E-state index in [9.17, 15) is 19.5 Å². The largest absolute Gasteiger partial charge is 0.477 e. The first-order valence-electron chi connectivity index (χ1n) is 9.84. The molecule has 0 spiro atoms. The van der Waals surface area contributed by atoms with E-state index in [1.54, 1.807) is 6.26 Å². The minimum Gasteiger partial charge on any atom is -0.477 e. The maximum absolute atomic E-state index is 12.9. The standard InChI is InChI=1S/C19H19N7O5S3/c1-32-9-31-23-11(14-22-19(20)34-24-14)15(27)21-12-16(28)26-13(18(29)30)10(8-33-17(12)26)7-25-5-3-2-4-6-25/h2-6,12,17H,7-9H2,1H3,(H3-,20,21,22,24,27,29,30)/p+1/t12?,17-/m1/s1. The Kier molecular flexibility index (Phi) is 7.33. The van der Waals surface area contributed by atoms with Gasteiger partial charge in [0, 0.05) is 35.0 Å². The Labute approximate surface area is 206 Å². The summed E-state index contributed by atoms with van der Waals surface area (Å²) < 4.78 is 5.83. The predicted molar refractivity (Wildman–Crippen MR) is 127 cm³/mol. The van der Waals surface area contributed by atoms with Crippen LogP contribution in [0.2, 0.25) is 0 Å². The van der Waals surface area contributed by atoms with E-state index in [4.69, 9.17) is 10.6 Å². The van der Waals surface area contributed by atoms with Crippen molar-refractivity contribution in [1.29, 1.82) is 0 Å². The molecule has 2 aromatic rings. The van der Waals surface area contributed by atoms with Gasteiger partial charge in [-0.2, -0.15) is 9.36 Å². The summed E-state index contributed by atoms with van der Waals surface area (Å²) in [4.78, 5) is 48.2. The quantitative estimate of drug-likeness (QED) is 0.101. The van der Waals surface area contributed by atoms with Crippen molar-refractivity contribution >= 4 is 63.7 Å². The molecule has 0 aliphatic carbocycles. The van der Waals surface area contributed by atoms with Gasteiger partial charge in [0.1, 0.15) is 17.1 Å². The maximum atomic E-state index is 12.9. The number of pyridine rings is 1. The average molecular weight is 523 g/mol. The van der Waals surface area contributed by atoms with Gasteiger partial charge in [-0.1, -0.05) is 11.2 Å². The van der Waals surface area contributed by atoms with Gasteiger partial charge in [-0.15, -0.1) is 23.5 Å². The molecule has 0 bridgehead atoms. The molecule has 12 nitrogen and oxygen atoms in total. The van der Waals surface area contributed by atoms with Gasteiger partial charge in [0.15, 0.2) is 30.0 Å². The molecule has 2 aromatic heterocycles. The van der Waals surface area contributed by atoms with Crippen molar-refractivity contribution in [2.45, 2.75) is 18.0 Å². The number of oxime groups is 1. The summed E-state index contributed by atoms with van der Waals surface area (Å²) in [7, 11) is 0. The number of rotatable bonds is 9. The van der Waals surface area contributed by atoms with Crippen LogP contribution in [0, 0.1) is 0 Å². The van der Waals surface area contributed by atoms with Crippen LogP contribution in [0.25, 0.3) is 0 Å². The van der Waals surface area contributed by atoms with Crippen LogP contribution in [-0.4, -0.2) is 72.2 Å². The number of hydrogen-bond acceptors (Lipinski definition) is 11. The van der Waals surface area contributed by atoms with E-state index in [-0.39, 0.29) is 28.3 Å². The number of carbonyl (C=O) groups excluding carboxylic acids is 2. The molecule has 2 amide bonds. The third kappa shape index (κ3) is 4.85. The molecule has 1 unspecified atom stereocenters. The number of nitrogens with zero attached hydrogens (tertiary/aromatic N) is 5. The maximum Gasteiger partial charge on any atom is 0.352 e. The number of thioether (sulfide) groups is 2. The monoisotopic (exact) mass is 522 g/mol. The molecule has 4 N–H and O–H groups in total. The first-order valence-corrected chi connectivity index (χ1v) is 13.1. The van der Waals surface area contributed by atoms with Crippen LogP contribution >= 0.6 is 35.1 Å². The molecule has 2 aliphatic rings. The first kappa shape index (κ1) is 24.0. The minimum absolute atomic E-state index is 0.0191. The van der Waals surface area contributed by atoms with Gasteiger partial charge in [-0.3, -0.25) is 14.5 Å². The lowest BCUT2D eigenvalue weighted by molar-refractivity contribution is -0.689. The Morgan fingerprint density at radius 1 is 1.41 bits per heavy atom. The number of aliphatic carboxylic acids is 1. The number of fused-ring (bicyclic) bond motifs is 1.